The van der Waals surface area contributed by atoms with Gasteiger partial charge in [0.15, 0.2) is 0 Å². The molecule has 117 valence electrons. The van der Waals surface area contributed by atoms with Crippen LogP contribution in [0.15, 0.2) is 48.5 Å². The monoisotopic (exact) mass is 409 g/mol. The molecule has 0 aliphatic heterocycles. The predicted molar refractivity (Wildman–Crippen MR) is 104 cm³/mol. The van der Waals surface area contributed by atoms with Crippen LogP contribution in [-0.2, 0) is 19.5 Å². The second-order valence-corrected chi connectivity index (χ2v) is 10.2. The number of hydrogen-bond acceptors (Lipinski definition) is 0. The number of hydrogen-bond donors (Lipinski definition) is 0. The molecule has 2 aromatic rings. The molecular weight excluding hydrogens is 381 g/mol. The summed E-state index contributed by atoms with van der Waals surface area (Å²) in [6, 6.07) is 17.9. The minimum absolute atomic E-state index is 0. The van der Waals surface area contributed by atoms with Crippen LogP contribution >= 0.6 is 15.8 Å². The molecule has 21 heavy (non-hydrogen) atoms. The molecule has 0 unspecified atom stereocenters. The Morgan fingerprint density at radius 2 is 0.857 bits per heavy atom. The largest absolute Gasteiger partial charge is 2.00 e. The molecule has 1 radical (unpaired) electrons. The third kappa shape index (κ3) is 5.56. The van der Waals surface area contributed by atoms with E-state index in [-0.39, 0.29) is 34.3 Å². The van der Waals surface area contributed by atoms with Gasteiger partial charge < -0.3 is 14.9 Å². The Bertz CT molecular complexity index is 487. The fourth-order valence-corrected chi connectivity index (χ4v) is 4.68. The van der Waals surface area contributed by atoms with Gasteiger partial charge in [0.05, 0.1) is 37.3 Å². The first-order chi connectivity index (χ1) is 8.61. The van der Waals surface area contributed by atoms with E-state index < -0.39 is 15.8 Å². The van der Waals surface area contributed by atoms with Crippen molar-refractivity contribution in [3.05, 3.63) is 63.4 Å². The number of benzene rings is 2. The summed E-state index contributed by atoms with van der Waals surface area (Å²) < 4.78 is 0. The van der Waals surface area contributed by atoms with Crippen molar-refractivity contribution in [1.29, 1.82) is 0 Å². The van der Waals surface area contributed by atoms with Crippen LogP contribution in [0.25, 0.3) is 11.1 Å². The van der Waals surface area contributed by atoms with Gasteiger partial charge in [-0.3, -0.25) is 0 Å². The van der Waals surface area contributed by atoms with Gasteiger partial charge in [-0.25, -0.2) is 0 Å². The summed E-state index contributed by atoms with van der Waals surface area (Å²) in [5.41, 5.74) is 2.91. The van der Waals surface area contributed by atoms with E-state index in [1.165, 1.54) is 11.1 Å². The van der Waals surface area contributed by atoms with Crippen molar-refractivity contribution in [2.45, 2.75) is 0 Å². The van der Waals surface area contributed by atoms with Gasteiger partial charge in [0.25, 0.3) is 0 Å². The average Bonchev–Trinajstić information content (AvgIpc) is 2.38. The summed E-state index contributed by atoms with van der Waals surface area (Å²) in [5.74, 6) is 0. The molecule has 0 aromatic heterocycles. The van der Waals surface area contributed by atoms with E-state index in [9.17, 15) is 0 Å². The summed E-state index contributed by atoms with van der Waals surface area (Å²) in [6.07, 6.45) is 0. The molecule has 0 aliphatic carbocycles. The van der Waals surface area contributed by atoms with Gasteiger partial charge in [0, 0.05) is 27.0 Å². The Balaban J connectivity index is 0. The zero-order chi connectivity index (χ0) is 13.1. The first-order valence-electron chi connectivity index (χ1n) is 6.40. The Labute approximate surface area is 147 Å². The van der Waals surface area contributed by atoms with Crippen molar-refractivity contribution < 1.29 is 19.5 Å². The molecule has 0 nitrogen and oxygen atoms in total. The number of rotatable bonds is 3. The van der Waals surface area contributed by atoms with Crippen molar-refractivity contribution in [1.82, 2.24) is 0 Å². The third-order valence-corrected chi connectivity index (χ3v) is 6.25. The van der Waals surface area contributed by atoms with Crippen LogP contribution < -0.4 is 10.6 Å². The Morgan fingerprint density at radius 1 is 0.571 bits per heavy atom. The van der Waals surface area contributed by atoms with E-state index in [0.29, 0.717) is 0 Å². The molecule has 0 fully saturated rings. The minimum Gasteiger partial charge on any atom is -0.358 e. The van der Waals surface area contributed by atoms with Gasteiger partial charge in [-0.15, -0.1) is 0 Å². The normalized spacial score (nSPS) is 9.62. The fourth-order valence-electron chi connectivity index (χ4n) is 2.31. The van der Waals surface area contributed by atoms with Crippen molar-refractivity contribution in [2.24, 2.45) is 0 Å². The molecule has 0 heterocycles. The zero-order valence-corrected chi connectivity index (χ0v) is 17.6. The molecule has 0 N–H and O–H groups in total. The van der Waals surface area contributed by atoms with Crippen LogP contribution in [0.1, 0.15) is 0 Å². The van der Waals surface area contributed by atoms with Crippen LogP contribution in [-0.4, -0.2) is 26.7 Å². The standard InChI is InChI=1S/C16H20P2.2CH3.Rh/c1-17(2)15-11-7-5-9-13(15)14-10-6-8-12-16(14)18(3)4;;;/h5-12H,1-4H3;2*1H3;/q;2*-1;+2/p+2. The average molecular weight is 409 g/mol. The van der Waals surface area contributed by atoms with Gasteiger partial charge in [0.2, 0.25) is 0 Å². The van der Waals surface area contributed by atoms with Crippen molar-refractivity contribution in [3.63, 3.8) is 0 Å². The quantitative estimate of drug-likeness (QED) is 0.399. The molecule has 0 amide bonds. The first-order valence-corrected chi connectivity index (χ1v) is 11.4. The maximum Gasteiger partial charge on any atom is 2.00 e. The molecule has 0 saturated carbocycles. The molecule has 2 aromatic carbocycles. The smallest absolute Gasteiger partial charge is 0.358 e. The van der Waals surface area contributed by atoms with Gasteiger partial charge >= 0.3 is 19.5 Å². The fraction of sp³-hybridized carbons (Fsp3) is 0.222. The van der Waals surface area contributed by atoms with Gasteiger partial charge in [-0.2, -0.15) is 0 Å². The predicted octanol–water partition coefficient (Wildman–Crippen LogP) is 4.45. The Kier molecular flexibility index (Phi) is 11.7. The molecule has 0 aliphatic rings. The van der Waals surface area contributed by atoms with Crippen LogP contribution in [0.2, 0.25) is 0 Å². The molecule has 0 spiro atoms. The van der Waals surface area contributed by atoms with E-state index in [1.807, 2.05) is 0 Å². The van der Waals surface area contributed by atoms with E-state index in [4.69, 9.17) is 0 Å². The second kappa shape index (κ2) is 10.6. The summed E-state index contributed by atoms with van der Waals surface area (Å²) >= 11 is 0. The molecule has 0 atom stereocenters. The van der Waals surface area contributed by atoms with Gasteiger partial charge in [0.1, 0.15) is 0 Å². The van der Waals surface area contributed by atoms with E-state index in [1.54, 1.807) is 10.6 Å². The molecule has 0 saturated heterocycles. The van der Waals surface area contributed by atoms with Crippen LogP contribution in [0.5, 0.6) is 0 Å². The molecule has 3 heteroatoms. The third-order valence-electron chi connectivity index (χ3n) is 3.22. The summed E-state index contributed by atoms with van der Waals surface area (Å²) in [7, 11) is -0.839. The van der Waals surface area contributed by atoms with Crippen molar-refractivity contribution in [3.8, 4) is 11.1 Å². The maximum atomic E-state index is 2.37. The maximum absolute atomic E-state index is 2.37. The summed E-state index contributed by atoms with van der Waals surface area (Å²) in [6.45, 7) is 9.48. The SMILES string of the molecule is C[PH+](C)c1ccccc1-c1ccccc1[PH+](C)C.[CH3-].[CH3-].[Rh+2]. The topological polar surface area (TPSA) is 0 Å². The molecule has 0 bridgehead atoms. The van der Waals surface area contributed by atoms with E-state index >= 15 is 0 Å². The van der Waals surface area contributed by atoms with Gasteiger partial charge in [-0.1, -0.05) is 36.4 Å². The zero-order valence-electron chi connectivity index (χ0n) is 14.0. The van der Waals surface area contributed by atoms with Crippen molar-refractivity contribution >= 4 is 26.5 Å². The van der Waals surface area contributed by atoms with Crippen molar-refractivity contribution in [2.75, 3.05) is 26.7 Å². The van der Waals surface area contributed by atoms with Crippen LogP contribution in [0, 0.1) is 14.9 Å². The second-order valence-electron chi connectivity index (χ2n) is 5.09. The first kappa shape index (κ1) is 23.2. The van der Waals surface area contributed by atoms with Gasteiger partial charge in [-0.05, 0) is 12.1 Å². The van der Waals surface area contributed by atoms with Crippen LogP contribution in [0.3, 0.4) is 0 Å². The van der Waals surface area contributed by atoms with Crippen LogP contribution in [0.4, 0.5) is 0 Å². The Morgan fingerprint density at radius 3 is 1.14 bits per heavy atom. The molecular formula is C18H28P2Rh+2. The van der Waals surface area contributed by atoms with E-state index in [2.05, 4.69) is 75.2 Å². The van der Waals surface area contributed by atoms with E-state index in [0.717, 1.165) is 0 Å². The minimum atomic E-state index is -0.419. The summed E-state index contributed by atoms with van der Waals surface area (Å²) in [5, 5.41) is 3.11. The Hall–Kier alpha value is -0.0766. The summed E-state index contributed by atoms with van der Waals surface area (Å²) in [4.78, 5) is 0. The molecule has 2 rings (SSSR count).